The first kappa shape index (κ1) is 34.4. The monoisotopic (exact) mass is 572 g/mol. The van der Waals surface area contributed by atoms with E-state index in [4.69, 9.17) is 9.47 Å². The molecule has 0 atom stereocenters. The minimum absolute atomic E-state index is 0.293. The number of unbranched alkanes of at least 4 members (excludes halogenated alkanes) is 10. The van der Waals surface area contributed by atoms with Gasteiger partial charge in [-0.1, -0.05) is 127 Å². The second-order valence-electron chi connectivity index (χ2n) is 10.2. The first-order chi connectivity index (χ1) is 20.7. The number of carbonyl (C=O) groups is 2. The molecule has 0 spiro atoms. The highest BCUT2D eigenvalue weighted by Crippen LogP contribution is 2.17. The first-order valence-corrected chi connectivity index (χ1v) is 15.6. The van der Waals surface area contributed by atoms with Gasteiger partial charge in [0.05, 0.1) is 35.7 Å². The highest BCUT2D eigenvalue weighted by molar-refractivity contribution is 6.03. The molecule has 42 heavy (non-hydrogen) atoms. The van der Waals surface area contributed by atoms with Crippen molar-refractivity contribution in [1.82, 2.24) is 0 Å². The zero-order valence-corrected chi connectivity index (χ0v) is 25.5. The predicted octanol–water partition coefficient (Wildman–Crippen LogP) is 10.8. The van der Waals surface area contributed by atoms with E-state index in [1.807, 2.05) is 60.7 Å². The van der Waals surface area contributed by atoms with Crippen LogP contribution in [0.15, 0.2) is 95.2 Å². The van der Waals surface area contributed by atoms with E-state index in [0.717, 1.165) is 37.1 Å². The summed E-state index contributed by atoms with van der Waals surface area (Å²) in [6.45, 7) is 5.17. The molecule has 3 aromatic rings. The van der Waals surface area contributed by atoms with E-state index < -0.39 is 11.9 Å². The van der Waals surface area contributed by atoms with Gasteiger partial charge in [-0.2, -0.15) is 10.2 Å². The van der Waals surface area contributed by atoms with Gasteiger partial charge in [0.1, 0.15) is 0 Å². The highest BCUT2D eigenvalue weighted by atomic mass is 16.5. The van der Waals surface area contributed by atoms with Crippen LogP contribution in [-0.4, -0.2) is 25.2 Å². The predicted molar refractivity (Wildman–Crippen MR) is 171 cm³/mol. The molecule has 0 aliphatic heterocycles. The first-order valence-electron chi connectivity index (χ1n) is 15.6. The number of benzene rings is 3. The van der Waals surface area contributed by atoms with Gasteiger partial charge in [0, 0.05) is 0 Å². The summed E-state index contributed by atoms with van der Waals surface area (Å²) < 4.78 is 10.7. The Bertz CT molecular complexity index is 1060. The molecule has 0 heterocycles. The molecule has 3 aromatic carbocycles. The minimum atomic E-state index is -0.444. The zero-order valence-electron chi connectivity index (χ0n) is 25.5. The van der Waals surface area contributed by atoms with Crippen LogP contribution in [0.4, 0.5) is 11.4 Å². The van der Waals surface area contributed by atoms with Crippen LogP contribution in [-0.2, 0) is 9.47 Å². The SMILES string of the molecule is CCCCCCCCOC(=O)c1ccccc1C(=O)OCCCCCCCC.c1ccc(N=Nc2ccccc2)cc1. The smallest absolute Gasteiger partial charge is 0.339 e. The van der Waals surface area contributed by atoms with Gasteiger partial charge in [0.25, 0.3) is 0 Å². The second kappa shape index (κ2) is 22.8. The maximum atomic E-state index is 12.4. The average Bonchev–Trinajstić information content (AvgIpc) is 3.04. The third-order valence-corrected chi connectivity index (χ3v) is 6.62. The Morgan fingerprint density at radius 2 is 0.810 bits per heavy atom. The van der Waals surface area contributed by atoms with E-state index in [9.17, 15) is 9.59 Å². The summed E-state index contributed by atoms with van der Waals surface area (Å²) in [6.07, 6.45) is 13.6. The molecule has 3 rings (SSSR count). The van der Waals surface area contributed by atoms with Gasteiger partial charge >= 0.3 is 11.9 Å². The number of carbonyl (C=O) groups excluding carboxylic acids is 2. The quantitative estimate of drug-likeness (QED) is 0.0863. The summed E-state index contributed by atoms with van der Waals surface area (Å²) in [7, 11) is 0. The van der Waals surface area contributed by atoms with Crippen LogP contribution in [0.25, 0.3) is 0 Å². The summed E-state index contributed by atoms with van der Waals surface area (Å²) in [4.78, 5) is 24.7. The molecule has 0 bridgehead atoms. The molecular weight excluding hydrogens is 524 g/mol. The van der Waals surface area contributed by atoms with Crippen LogP contribution in [0, 0.1) is 0 Å². The van der Waals surface area contributed by atoms with E-state index in [1.54, 1.807) is 24.3 Å². The van der Waals surface area contributed by atoms with Crippen molar-refractivity contribution in [3.8, 4) is 0 Å². The molecule has 0 amide bonds. The Kier molecular flexibility index (Phi) is 18.7. The number of azo groups is 1. The van der Waals surface area contributed by atoms with Crippen molar-refractivity contribution in [3.63, 3.8) is 0 Å². The second-order valence-corrected chi connectivity index (χ2v) is 10.2. The summed E-state index contributed by atoms with van der Waals surface area (Å²) in [5, 5.41) is 8.20. The van der Waals surface area contributed by atoms with Crippen LogP contribution in [0.2, 0.25) is 0 Å². The molecule has 0 unspecified atom stereocenters. The van der Waals surface area contributed by atoms with Crippen molar-refractivity contribution < 1.29 is 19.1 Å². The average molecular weight is 573 g/mol. The van der Waals surface area contributed by atoms with Gasteiger partial charge in [-0.3, -0.25) is 0 Å². The van der Waals surface area contributed by atoms with E-state index in [-0.39, 0.29) is 0 Å². The van der Waals surface area contributed by atoms with Crippen molar-refractivity contribution in [2.75, 3.05) is 13.2 Å². The van der Waals surface area contributed by atoms with Gasteiger partial charge < -0.3 is 9.47 Å². The van der Waals surface area contributed by atoms with Crippen LogP contribution in [0.1, 0.15) is 112 Å². The standard InChI is InChI=1S/C24H38O4.C12H10N2/c1-3-5-7-9-11-15-19-27-23(25)21-17-13-14-18-22(21)24(26)28-20-16-12-10-8-6-4-2;1-3-7-11(8-4-1)13-14-12-9-5-2-6-10-12/h13-14,17-18H,3-12,15-16,19-20H2,1-2H3;1-10H. The third-order valence-electron chi connectivity index (χ3n) is 6.62. The van der Waals surface area contributed by atoms with Crippen LogP contribution >= 0.6 is 0 Å². The maximum Gasteiger partial charge on any atom is 0.339 e. The molecular formula is C36H48N2O4. The van der Waals surface area contributed by atoms with E-state index in [2.05, 4.69) is 24.1 Å². The molecule has 0 aliphatic carbocycles. The van der Waals surface area contributed by atoms with Gasteiger partial charge in [0.15, 0.2) is 0 Å². The lowest BCUT2D eigenvalue weighted by Crippen LogP contribution is -2.15. The van der Waals surface area contributed by atoms with Crippen molar-refractivity contribution in [1.29, 1.82) is 0 Å². The van der Waals surface area contributed by atoms with Crippen LogP contribution < -0.4 is 0 Å². The van der Waals surface area contributed by atoms with Crippen LogP contribution in [0.5, 0.6) is 0 Å². The Morgan fingerprint density at radius 1 is 0.476 bits per heavy atom. The third kappa shape index (κ3) is 15.3. The fraction of sp³-hybridized carbons (Fsp3) is 0.444. The van der Waals surface area contributed by atoms with Crippen molar-refractivity contribution >= 4 is 23.3 Å². The Balaban J connectivity index is 0.000000363. The summed E-state index contributed by atoms with van der Waals surface area (Å²) in [5.74, 6) is -0.888. The Hall–Kier alpha value is -3.80. The van der Waals surface area contributed by atoms with Gasteiger partial charge in [-0.05, 0) is 49.2 Å². The molecule has 0 fully saturated rings. The molecule has 0 aromatic heterocycles. The molecule has 226 valence electrons. The molecule has 6 nitrogen and oxygen atoms in total. The van der Waals surface area contributed by atoms with Gasteiger partial charge in [-0.15, -0.1) is 0 Å². The number of rotatable bonds is 18. The topological polar surface area (TPSA) is 77.3 Å². The van der Waals surface area contributed by atoms with Gasteiger partial charge in [0.2, 0.25) is 0 Å². The van der Waals surface area contributed by atoms with Crippen molar-refractivity contribution in [3.05, 3.63) is 96.1 Å². The molecule has 0 aliphatic rings. The molecule has 0 saturated carbocycles. The van der Waals surface area contributed by atoms with Gasteiger partial charge in [-0.25, -0.2) is 9.59 Å². The maximum absolute atomic E-state index is 12.4. The number of nitrogens with zero attached hydrogens (tertiary/aromatic N) is 2. The highest BCUT2D eigenvalue weighted by Gasteiger charge is 2.18. The number of esters is 2. The molecule has 0 radical (unpaired) electrons. The lowest BCUT2D eigenvalue weighted by atomic mass is 10.1. The summed E-state index contributed by atoms with van der Waals surface area (Å²) >= 11 is 0. The van der Waals surface area contributed by atoms with E-state index in [1.165, 1.54) is 51.4 Å². The van der Waals surface area contributed by atoms with E-state index >= 15 is 0 Å². The lowest BCUT2D eigenvalue weighted by molar-refractivity contribution is 0.0450. The number of hydrogen-bond donors (Lipinski definition) is 0. The Morgan fingerprint density at radius 3 is 1.19 bits per heavy atom. The zero-order chi connectivity index (χ0) is 30.1. The number of ether oxygens (including phenoxy) is 2. The fourth-order valence-corrected chi connectivity index (χ4v) is 4.19. The van der Waals surface area contributed by atoms with E-state index in [0.29, 0.717) is 24.3 Å². The molecule has 6 heteroatoms. The van der Waals surface area contributed by atoms with Crippen molar-refractivity contribution in [2.45, 2.75) is 90.9 Å². The van der Waals surface area contributed by atoms with Crippen LogP contribution in [0.3, 0.4) is 0 Å². The normalized spacial score (nSPS) is 10.6. The molecule has 0 saturated heterocycles. The summed E-state index contributed by atoms with van der Waals surface area (Å²) in [5.41, 5.74) is 2.33. The Labute approximate surface area is 252 Å². The summed E-state index contributed by atoms with van der Waals surface area (Å²) in [6, 6.07) is 26.1. The largest absolute Gasteiger partial charge is 0.462 e. The molecule has 0 N–H and O–H groups in total. The van der Waals surface area contributed by atoms with Crippen molar-refractivity contribution in [2.24, 2.45) is 10.2 Å². The fourth-order valence-electron chi connectivity index (χ4n) is 4.19. The lowest BCUT2D eigenvalue weighted by Gasteiger charge is -2.10. The number of hydrogen-bond acceptors (Lipinski definition) is 6. The minimum Gasteiger partial charge on any atom is -0.462 e.